The van der Waals surface area contributed by atoms with E-state index in [9.17, 15) is 9.59 Å². The minimum absolute atomic E-state index is 0.171. The fraction of sp³-hybridized carbons (Fsp3) is 0.571. The molecule has 1 aromatic rings. The van der Waals surface area contributed by atoms with Gasteiger partial charge in [0.25, 0.3) is 5.91 Å². The quantitative estimate of drug-likeness (QED) is 0.760. The second-order valence-corrected chi connectivity index (χ2v) is 5.58. The summed E-state index contributed by atoms with van der Waals surface area (Å²) in [6.45, 7) is 2.64. The van der Waals surface area contributed by atoms with E-state index in [1.54, 1.807) is 0 Å². The van der Waals surface area contributed by atoms with Crippen LogP contribution in [0.4, 0.5) is 0 Å². The molecule has 1 fully saturated rings. The van der Waals surface area contributed by atoms with Gasteiger partial charge in [-0.1, -0.05) is 19.8 Å². The van der Waals surface area contributed by atoms with Gasteiger partial charge >= 0.3 is 0 Å². The molecule has 5 nitrogen and oxygen atoms in total. The number of hydrogen-bond acceptors (Lipinski definition) is 3. The average Bonchev–Trinajstić information content (AvgIpc) is 2.39. The van der Waals surface area contributed by atoms with Crippen molar-refractivity contribution in [3.8, 4) is 0 Å². The average molecular weight is 263 g/mol. The standard InChI is InChI=1S/C14H21N3O2/c1-10-3-2-6-14(7-10,9-15)17-13(19)11-4-5-12(18)16-8-11/h4-5,8,10H,2-3,6-7,9,15H2,1H3,(H,16,18)(H,17,19). The molecule has 1 aliphatic rings. The maximum absolute atomic E-state index is 12.2. The number of nitrogens with one attached hydrogen (secondary N) is 2. The van der Waals surface area contributed by atoms with Crippen molar-refractivity contribution in [1.29, 1.82) is 0 Å². The van der Waals surface area contributed by atoms with Gasteiger partial charge in [-0.3, -0.25) is 9.59 Å². The van der Waals surface area contributed by atoms with Crippen molar-refractivity contribution in [1.82, 2.24) is 10.3 Å². The highest BCUT2D eigenvalue weighted by Crippen LogP contribution is 2.31. The summed E-state index contributed by atoms with van der Waals surface area (Å²) in [5, 5.41) is 3.06. The number of hydrogen-bond donors (Lipinski definition) is 3. The Labute approximate surface area is 112 Å². The van der Waals surface area contributed by atoms with E-state index in [0.717, 1.165) is 19.3 Å². The van der Waals surface area contributed by atoms with E-state index in [4.69, 9.17) is 5.73 Å². The van der Waals surface area contributed by atoms with Gasteiger partial charge in [0.15, 0.2) is 0 Å². The molecule has 104 valence electrons. The lowest BCUT2D eigenvalue weighted by atomic mass is 9.76. The lowest BCUT2D eigenvalue weighted by Gasteiger charge is -2.40. The molecule has 2 atom stereocenters. The van der Waals surface area contributed by atoms with Crippen LogP contribution in [0.15, 0.2) is 23.1 Å². The molecule has 1 amide bonds. The number of aromatic amines is 1. The molecule has 0 spiro atoms. The highest BCUT2D eigenvalue weighted by atomic mass is 16.2. The van der Waals surface area contributed by atoms with E-state index in [0.29, 0.717) is 18.0 Å². The summed E-state index contributed by atoms with van der Waals surface area (Å²) in [4.78, 5) is 25.7. The Bertz CT molecular complexity index is 491. The van der Waals surface area contributed by atoms with Gasteiger partial charge in [0, 0.05) is 18.8 Å². The Balaban J connectivity index is 2.11. The fourth-order valence-corrected chi connectivity index (χ4v) is 2.87. The summed E-state index contributed by atoms with van der Waals surface area (Å²) >= 11 is 0. The first-order chi connectivity index (χ1) is 9.04. The van der Waals surface area contributed by atoms with Crippen molar-refractivity contribution in [2.24, 2.45) is 11.7 Å². The van der Waals surface area contributed by atoms with Crippen LogP contribution in [0.1, 0.15) is 43.0 Å². The largest absolute Gasteiger partial charge is 0.345 e. The molecule has 1 aliphatic carbocycles. The molecule has 0 bridgehead atoms. The Morgan fingerprint density at radius 1 is 1.58 bits per heavy atom. The number of amides is 1. The first-order valence-corrected chi connectivity index (χ1v) is 6.76. The third-order valence-electron chi connectivity index (χ3n) is 3.91. The Hall–Kier alpha value is -1.62. The van der Waals surface area contributed by atoms with Gasteiger partial charge in [0.2, 0.25) is 5.56 Å². The summed E-state index contributed by atoms with van der Waals surface area (Å²) in [7, 11) is 0. The van der Waals surface area contributed by atoms with E-state index in [1.807, 2.05) is 0 Å². The monoisotopic (exact) mass is 263 g/mol. The predicted molar refractivity (Wildman–Crippen MR) is 73.9 cm³/mol. The first-order valence-electron chi connectivity index (χ1n) is 6.76. The first kappa shape index (κ1) is 13.8. The highest BCUT2D eigenvalue weighted by molar-refractivity contribution is 5.94. The minimum Gasteiger partial charge on any atom is -0.345 e. The topological polar surface area (TPSA) is 88.0 Å². The molecule has 0 aromatic carbocycles. The number of rotatable bonds is 3. The van der Waals surface area contributed by atoms with Crippen LogP contribution in [0.2, 0.25) is 0 Å². The number of H-pyrrole nitrogens is 1. The second-order valence-electron chi connectivity index (χ2n) is 5.58. The van der Waals surface area contributed by atoms with E-state index < -0.39 is 0 Å². The minimum atomic E-state index is -0.301. The predicted octanol–water partition coefficient (Wildman–Crippen LogP) is 1.01. The van der Waals surface area contributed by atoms with E-state index in [-0.39, 0.29) is 17.0 Å². The molecule has 4 N–H and O–H groups in total. The molecular formula is C14H21N3O2. The molecule has 19 heavy (non-hydrogen) atoms. The molecule has 1 heterocycles. The molecule has 1 aromatic heterocycles. The highest BCUT2D eigenvalue weighted by Gasteiger charge is 2.35. The lowest BCUT2D eigenvalue weighted by Crippen LogP contribution is -2.56. The summed E-state index contributed by atoms with van der Waals surface area (Å²) in [6, 6.07) is 2.89. The van der Waals surface area contributed by atoms with Crippen molar-refractivity contribution in [3.05, 3.63) is 34.2 Å². The van der Waals surface area contributed by atoms with E-state index in [2.05, 4.69) is 17.2 Å². The maximum atomic E-state index is 12.2. The smallest absolute Gasteiger partial charge is 0.253 e. The van der Waals surface area contributed by atoms with Crippen LogP contribution in [-0.2, 0) is 0 Å². The van der Waals surface area contributed by atoms with Gasteiger partial charge < -0.3 is 16.0 Å². The number of nitrogens with two attached hydrogens (primary N) is 1. The van der Waals surface area contributed by atoms with E-state index >= 15 is 0 Å². The van der Waals surface area contributed by atoms with Crippen molar-refractivity contribution in [2.75, 3.05) is 6.54 Å². The Morgan fingerprint density at radius 3 is 2.95 bits per heavy atom. The van der Waals surface area contributed by atoms with Crippen molar-refractivity contribution in [3.63, 3.8) is 0 Å². The molecule has 5 heteroatoms. The lowest BCUT2D eigenvalue weighted by molar-refractivity contribution is 0.0853. The zero-order valence-electron chi connectivity index (χ0n) is 11.2. The van der Waals surface area contributed by atoms with Crippen LogP contribution in [0.25, 0.3) is 0 Å². The van der Waals surface area contributed by atoms with Crippen LogP contribution >= 0.6 is 0 Å². The van der Waals surface area contributed by atoms with Crippen LogP contribution in [0.5, 0.6) is 0 Å². The maximum Gasteiger partial charge on any atom is 0.253 e. The summed E-state index contributed by atoms with van der Waals surface area (Å²) < 4.78 is 0. The van der Waals surface area contributed by atoms with Crippen LogP contribution in [0.3, 0.4) is 0 Å². The van der Waals surface area contributed by atoms with Gasteiger partial charge in [0.1, 0.15) is 0 Å². The number of aromatic nitrogens is 1. The van der Waals surface area contributed by atoms with E-state index in [1.165, 1.54) is 24.8 Å². The third kappa shape index (κ3) is 3.23. The SMILES string of the molecule is CC1CCCC(CN)(NC(=O)c2ccc(=O)[nH]c2)C1. The Morgan fingerprint density at radius 2 is 2.37 bits per heavy atom. The fourth-order valence-electron chi connectivity index (χ4n) is 2.87. The van der Waals surface area contributed by atoms with Crippen LogP contribution in [0, 0.1) is 5.92 Å². The van der Waals surface area contributed by atoms with Gasteiger partial charge in [0.05, 0.1) is 11.1 Å². The second kappa shape index (κ2) is 5.57. The molecule has 0 aliphatic heterocycles. The van der Waals surface area contributed by atoms with Crippen LogP contribution in [-0.4, -0.2) is 23.0 Å². The normalized spacial score (nSPS) is 26.9. The van der Waals surface area contributed by atoms with Gasteiger partial charge in [-0.2, -0.15) is 0 Å². The molecule has 0 saturated heterocycles. The summed E-state index contributed by atoms with van der Waals surface area (Å²) in [5.41, 5.74) is 5.83. The Kier molecular flexibility index (Phi) is 4.04. The van der Waals surface area contributed by atoms with Gasteiger partial charge in [-0.25, -0.2) is 0 Å². The van der Waals surface area contributed by atoms with Crippen molar-refractivity contribution in [2.45, 2.75) is 38.1 Å². The molecule has 2 rings (SSSR count). The summed E-state index contributed by atoms with van der Waals surface area (Å²) in [5.74, 6) is 0.406. The van der Waals surface area contributed by atoms with Crippen molar-refractivity contribution < 1.29 is 4.79 Å². The van der Waals surface area contributed by atoms with Gasteiger partial charge in [-0.05, 0) is 24.8 Å². The molecule has 1 saturated carbocycles. The van der Waals surface area contributed by atoms with Gasteiger partial charge in [-0.15, -0.1) is 0 Å². The zero-order chi connectivity index (χ0) is 13.9. The number of carbonyl (C=O) groups excluding carboxylic acids is 1. The molecular weight excluding hydrogens is 242 g/mol. The third-order valence-corrected chi connectivity index (χ3v) is 3.91. The molecule has 2 unspecified atom stereocenters. The molecule has 0 radical (unpaired) electrons. The number of carbonyl (C=O) groups is 1. The van der Waals surface area contributed by atoms with Crippen LogP contribution < -0.4 is 16.6 Å². The zero-order valence-corrected chi connectivity index (χ0v) is 11.2. The number of pyridine rings is 1. The van der Waals surface area contributed by atoms with Crippen molar-refractivity contribution >= 4 is 5.91 Å². The summed E-state index contributed by atoms with van der Waals surface area (Å²) in [6.07, 6.45) is 5.55.